The molecule has 1 rings (SSSR count). The standard InChI is InChI=1S/C12H14O5/c1-9(2)11(14)17-12(15,8-13)16-10-6-4-3-5-7-10/h3-7,13,15H,1,8H2,2H3. The van der Waals surface area contributed by atoms with E-state index in [1.807, 2.05) is 0 Å². The van der Waals surface area contributed by atoms with E-state index < -0.39 is 18.5 Å². The number of aliphatic hydroxyl groups is 2. The molecule has 17 heavy (non-hydrogen) atoms. The van der Waals surface area contributed by atoms with Crippen molar-refractivity contribution in [3.8, 4) is 5.75 Å². The monoisotopic (exact) mass is 238 g/mol. The van der Waals surface area contributed by atoms with Gasteiger partial charge in [-0.2, -0.15) is 0 Å². The van der Waals surface area contributed by atoms with Gasteiger partial charge in [0.25, 0.3) is 0 Å². The van der Waals surface area contributed by atoms with Crippen molar-refractivity contribution in [3.05, 3.63) is 42.5 Å². The maximum absolute atomic E-state index is 11.2. The summed E-state index contributed by atoms with van der Waals surface area (Å²) in [7, 11) is 0. The molecule has 1 unspecified atom stereocenters. The lowest BCUT2D eigenvalue weighted by molar-refractivity contribution is -0.314. The predicted molar refractivity (Wildman–Crippen MR) is 60.0 cm³/mol. The number of carbonyl (C=O) groups excluding carboxylic acids is 1. The van der Waals surface area contributed by atoms with E-state index in [1.54, 1.807) is 30.3 Å². The van der Waals surface area contributed by atoms with Crippen LogP contribution in [0.1, 0.15) is 6.92 Å². The van der Waals surface area contributed by atoms with Crippen LogP contribution in [0.4, 0.5) is 0 Å². The molecule has 2 N–H and O–H groups in total. The second kappa shape index (κ2) is 5.47. The number of benzene rings is 1. The zero-order valence-corrected chi connectivity index (χ0v) is 9.42. The molecule has 0 saturated carbocycles. The van der Waals surface area contributed by atoms with Crippen molar-refractivity contribution in [2.24, 2.45) is 0 Å². The molecule has 1 aromatic carbocycles. The minimum atomic E-state index is -2.41. The molecule has 0 bridgehead atoms. The van der Waals surface area contributed by atoms with E-state index in [2.05, 4.69) is 11.3 Å². The minimum Gasteiger partial charge on any atom is -0.428 e. The number of carbonyl (C=O) groups is 1. The molecule has 0 aliphatic heterocycles. The summed E-state index contributed by atoms with van der Waals surface area (Å²) in [6.07, 6.45) is 0. The molecule has 92 valence electrons. The highest BCUT2D eigenvalue weighted by atomic mass is 16.8. The third kappa shape index (κ3) is 3.90. The fourth-order valence-electron chi connectivity index (χ4n) is 0.990. The van der Waals surface area contributed by atoms with E-state index >= 15 is 0 Å². The van der Waals surface area contributed by atoms with Crippen LogP contribution in [-0.2, 0) is 9.53 Å². The Hall–Kier alpha value is -1.85. The van der Waals surface area contributed by atoms with Gasteiger partial charge in [0.1, 0.15) is 12.4 Å². The minimum absolute atomic E-state index is 0.0912. The number of aliphatic hydroxyl groups excluding tert-OH is 1. The molecule has 5 nitrogen and oxygen atoms in total. The summed E-state index contributed by atoms with van der Waals surface area (Å²) < 4.78 is 9.59. The molecule has 0 saturated heterocycles. The number of para-hydroxylation sites is 1. The van der Waals surface area contributed by atoms with E-state index in [-0.39, 0.29) is 11.3 Å². The highest BCUT2D eigenvalue weighted by molar-refractivity contribution is 5.87. The summed E-state index contributed by atoms with van der Waals surface area (Å²) in [5.74, 6) is -2.99. The first-order chi connectivity index (χ1) is 7.97. The molecule has 0 heterocycles. The molecule has 5 heteroatoms. The smallest absolute Gasteiger partial charge is 0.396 e. The quantitative estimate of drug-likeness (QED) is 0.451. The van der Waals surface area contributed by atoms with Gasteiger partial charge >= 0.3 is 11.9 Å². The Labute approximate surface area is 98.9 Å². The van der Waals surface area contributed by atoms with E-state index in [9.17, 15) is 9.90 Å². The van der Waals surface area contributed by atoms with Crippen LogP contribution in [0.5, 0.6) is 5.75 Å². The SMILES string of the molecule is C=C(C)C(=O)OC(O)(CO)Oc1ccccc1. The van der Waals surface area contributed by atoms with Crippen molar-refractivity contribution in [1.82, 2.24) is 0 Å². The topological polar surface area (TPSA) is 76.0 Å². The zero-order valence-electron chi connectivity index (χ0n) is 9.42. The Morgan fingerprint density at radius 1 is 1.41 bits per heavy atom. The van der Waals surface area contributed by atoms with Crippen molar-refractivity contribution >= 4 is 5.97 Å². The van der Waals surface area contributed by atoms with Crippen LogP contribution < -0.4 is 4.74 Å². The summed E-state index contributed by atoms with van der Waals surface area (Å²) in [5, 5.41) is 18.7. The maximum atomic E-state index is 11.2. The van der Waals surface area contributed by atoms with Gasteiger partial charge in [0.15, 0.2) is 0 Å². The molecule has 1 atom stereocenters. The third-order valence-electron chi connectivity index (χ3n) is 1.82. The highest BCUT2D eigenvalue weighted by Crippen LogP contribution is 2.18. The second-order valence-electron chi connectivity index (χ2n) is 3.46. The molecule has 0 amide bonds. The lowest BCUT2D eigenvalue weighted by atomic mass is 10.3. The Balaban J connectivity index is 2.75. The Bertz CT molecular complexity index is 401. The fourth-order valence-corrected chi connectivity index (χ4v) is 0.990. The van der Waals surface area contributed by atoms with E-state index in [1.165, 1.54) is 6.92 Å². The van der Waals surface area contributed by atoms with Gasteiger partial charge in [0.2, 0.25) is 0 Å². The zero-order chi connectivity index (χ0) is 12.9. The number of hydrogen-bond donors (Lipinski definition) is 2. The van der Waals surface area contributed by atoms with Crippen molar-refractivity contribution in [1.29, 1.82) is 0 Å². The van der Waals surface area contributed by atoms with E-state index in [0.717, 1.165) is 0 Å². The average Bonchev–Trinajstić information content (AvgIpc) is 2.30. The summed E-state index contributed by atoms with van der Waals surface area (Å²) >= 11 is 0. The second-order valence-corrected chi connectivity index (χ2v) is 3.46. The Morgan fingerprint density at radius 2 is 2.00 bits per heavy atom. The molecular weight excluding hydrogens is 224 g/mol. The molecule has 0 fully saturated rings. The largest absolute Gasteiger partial charge is 0.428 e. The lowest BCUT2D eigenvalue weighted by Gasteiger charge is -2.25. The van der Waals surface area contributed by atoms with Gasteiger partial charge in [0.05, 0.1) is 0 Å². The number of rotatable bonds is 5. The molecule has 0 spiro atoms. The molecule has 1 aromatic rings. The first-order valence-electron chi connectivity index (χ1n) is 4.93. The summed E-state index contributed by atoms with van der Waals surface area (Å²) in [6, 6.07) is 8.20. The van der Waals surface area contributed by atoms with Gasteiger partial charge in [-0.1, -0.05) is 24.8 Å². The van der Waals surface area contributed by atoms with Gasteiger partial charge < -0.3 is 19.7 Å². The number of hydrogen-bond acceptors (Lipinski definition) is 5. The molecule has 0 radical (unpaired) electrons. The van der Waals surface area contributed by atoms with Crippen LogP contribution in [0.25, 0.3) is 0 Å². The van der Waals surface area contributed by atoms with Crippen LogP contribution in [0.2, 0.25) is 0 Å². The number of ether oxygens (including phenoxy) is 2. The Morgan fingerprint density at radius 3 is 2.47 bits per heavy atom. The van der Waals surface area contributed by atoms with Gasteiger partial charge in [-0.25, -0.2) is 4.79 Å². The number of esters is 1. The third-order valence-corrected chi connectivity index (χ3v) is 1.82. The molecular formula is C12H14O5. The van der Waals surface area contributed by atoms with Gasteiger partial charge in [-0.15, -0.1) is 0 Å². The maximum Gasteiger partial charge on any atom is 0.396 e. The molecule has 0 aromatic heterocycles. The Kier molecular flexibility index (Phi) is 4.25. The molecule has 0 aliphatic rings. The predicted octanol–water partition coefficient (Wildman–Crippen LogP) is 0.823. The van der Waals surface area contributed by atoms with Crippen molar-refractivity contribution in [2.75, 3.05) is 6.61 Å². The van der Waals surface area contributed by atoms with Crippen LogP contribution in [0.3, 0.4) is 0 Å². The first-order valence-corrected chi connectivity index (χ1v) is 4.93. The first kappa shape index (κ1) is 13.2. The van der Waals surface area contributed by atoms with Gasteiger partial charge in [0, 0.05) is 5.57 Å². The molecule has 0 aliphatic carbocycles. The van der Waals surface area contributed by atoms with Crippen molar-refractivity contribution < 1.29 is 24.5 Å². The van der Waals surface area contributed by atoms with E-state index in [0.29, 0.717) is 0 Å². The van der Waals surface area contributed by atoms with Crippen LogP contribution in [-0.4, -0.2) is 28.8 Å². The van der Waals surface area contributed by atoms with Gasteiger partial charge in [-0.05, 0) is 19.1 Å². The lowest BCUT2D eigenvalue weighted by Crippen LogP contribution is -2.44. The van der Waals surface area contributed by atoms with Crippen molar-refractivity contribution in [2.45, 2.75) is 12.9 Å². The van der Waals surface area contributed by atoms with Crippen LogP contribution in [0, 0.1) is 0 Å². The summed E-state index contributed by atoms with van der Waals surface area (Å²) in [4.78, 5) is 11.2. The fraction of sp³-hybridized carbons (Fsp3) is 0.250. The summed E-state index contributed by atoms with van der Waals surface area (Å²) in [6.45, 7) is 3.89. The van der Waals surface area contributed by atoms with Gasteiger partial charge in [-0.3, -0.25) is 0 Å². The summed E-state index contributed by atoms with van der Waals surface area (Å²) in [5.41, 5.74) is 0.0912. The average molecular weight is 238 g/mol. The van der Waals surface area contributed by atoms with Crippen LogP contribution in [0.15, 0.2) is 42.5 Å². The normalized spacial score (nSPS) is 13.6. The highest BCUT2D eigenvalue weighted by Gasteiger charge is 2.34. The van der Waals surface area contributed by atoms with Crippen LogP contribution >= 0.6 is 0 Å². The van der Waals surface area contributed by atoms with E-state index in [4.69, 9.17) is 9.84 Å². The van der Waals surface area contributed by atoms with Crippen molar-refractivity contribution in [3.63, 3.8) is 0 Å².